The Kier molecular flexibility index (Phi) is 6.03. The molecule has 1 heterocycles. The molecule has 0 fully saturated rings. The highest BCUT2D eigenvalue weighted by molar-refractivity contribution is 7.11. The lowest BCUT2D eigenvalue weighted by molar-refractivity contribution is 0.310. The van der Waals surface area contributed by atoms with E-state index in [9.17, 15) is 0 Å². The monoisotopic (exact) mass is 240 g/mol. The smallest absolute Gasteiger partial charge is 0.0302 e. The molecule has 2 nitrogen and oxygen atoms in total. The van der Waals surface area contributed by atoms with Crippen LogP contribution in [0.15, 0.2) is 12.1 Å². The number of nitrogens with one attached hydrogen (secondary N) is 1. The second-order valence-corrected chi connectivity index (χ2v) is 5.61. The van der Waals surface area contributed by atoms with Crippen molar-refractivity contribution in [3.05, 3.63) is 21.9 Å². The highest BCUT2D eigenvalue weighted by atomic mass is 32.1. The van der Waals surface area contributed by atoms with E-state index in [-0.39, 0.29) is 0 Å². The molecule has 1 atom stereocenters. The maximum atomic E-state index is 3.57. The lowest BCUT2D eigenvalue weighted by Crippen LogP contribution is -2.36. The first-order chi connectivity index (χ1) is 7.65. The molecule has 0 bridgehead atoms. The summed E-state index contributed by atoms with van der Waals surface area (Å²) in [6.45, 7) is 9.89. The Morgan fingerprint density at radius 3 is 2.56 bits per heavy atom. The van der Waals surface area contributed by atoms with Gasteiger partial charge in [0.2, 0.25) is 0 Å². The van der Waals surface area contributed by atoms with E-state index >= 15 is 0 Å². The predicted molar refractivity (Wildman–Crippen MR) is 73.2 cm³/mol. The average molecular weight is 240 g/mol. The minimum Gasteiger partial charge on any atom is -0.308 e. The number of nitrogens with zero attached hydrogens (tertiary/aromatic N) is 1. The van der Waals surface area contributed by atoms with Crippen LogP contribution in [0.25, 0.3) is 0 Å². The molecule has 1 unspecified atom stereocenters. The van der Waals surface area contributed by atoms with Crippen molar-refractivity contribution >= 4 is 11.3 Å². The summed E-state index contributed by atoms with van der Waals surface area (Å²) in [6.07, 6.45) is 1.15. The molecule has 0 spiro atoms. The van der Waals surface area contributed by atoms with Crippen LogP contribution in [0.1, 0.15) is 30.5 Å². The van der Waals surface area contributed by atoms with Gasteiger partial charge in [0.15, 0.2) is 0 Å². The van der Waals surface area contributed by atoms with E-state index < -0.39 is 0 Å². The lowest BCUT2D eigenvalue weighted by atomic mass is 10.3. The SMILES string of the molecule is CCc1ccc(CNC(C)CN(C)CC)s1. The summed E-state index contributed by atoms with van der Waals surface area (Å²) >= 11 is 1.92. The first-order valence-electron chi connectivity index (χ1n) is 6.15. The van der Waals surface area contributed by atoms with Crippen molar-refractivity contribution in [2.24, 2.45) is 0 Å². The second kappa shape index (κ2) is 7.05. The Balaban J connectivity index is 2.28. The summed E-state index contributed by atoms with van der Waals surface area (Å²) in [4.78, 5) is 5.27. The standard InChI is InChI=1S/C13H24N2S/c1-5-12-7-8-13(16-12)9-14-11(3)10-15(4)6-2/h7-8,11,14H,5-6,9-10H2,1-4H3. The summed E-state index contributed by atoms with van der Waals surface area (Å²) in [5.41, 5.74) is 0. The number of rotatable bonds is 7. The summed E-state index contributed by atoms with van der Waals surface area (Å²) in [6, 6.07) is 5.04. The van der Waals surface area contributed by atoms with Crippen LogP contribution in [0.3, 0.4) is 0 Å². The molecule has 0 aromatic carbocycles. The van der Waals surface area contributed by atoms with E-state index in [0.29, 0.717) is 6.04 Å². The van der Waals surface area contributed by atoms with E-state index in [0.717, 1.165) is 26.1 Å². The van der Waals surface area contributed by atoms with Gasteiger partial charge in [-0.15, -0.1) is 11.3 Å². The maximum absolute atomic E-state index is 3.57. The van der Waals surface area contributed by atoms with Crippen molar-refractivity contribution in [3.8, 4) is 0 Å². The van der Waals surface area contributed by atoms with E-state index in [1.165, 1.54) is 9.75 Å². The molecule has 1 aromatic rings. The summed E-state index contributed by atoms with van der Waals surface area (Å²) in [5, 5.41) is 3.57. The third kappa shape index (κ3) is 4.64. The van der Waals surface area contributed by atoms with Crippen LogP contribution < -0.4 is 5.32 Å². The first-order valence-corrected chi connectivity index (χ1v) is 6.96. The fraction of sp³-hybridized carbons (Fsp3) is 0.692. The number of hydrogen-bond donors (Lipinski definition) is 1. The molecule has 0 amide bonds. The normalized spacial score (nSPS) is 13.3. The van der Waals surface area contributed by atoms with Gasteiger partial charge in [0.1, 0.15) is 0 Å². The van der Waals surface area contributed by atoms with E-state index in [4.69, 9.17) is 0 Å². The number of aryl methyl sites for hydroxylation is 1. The average Bonchev–Trinajstić information content (AvgIpc) is 2.74. The molecule has 0 radical (unpaired) electrons. The predicted octanol–water partition coefficient (Wildman–Crippen LogP) is 2.74. The molecule has 3 heteroatoms. The van der Waals surface area contributed by atoms with E-state index in [1.54, 1.807) is 0 Å². The molecule has 0 saturated heterocycles. The molecule has 16 heavy (non-hydrogen) atoms. The van der Waals surface area contributed by atoms with Gasteiger partial charge in [0.05, 0.1) is 0 Å². The lowest BCUT2D eigenvalue weighted by Gasteiger charge is -2.20. The minimum absolute atomic E-state index is 0.553. The largest absolute Gasteiger partial charge is 0.308 e. The summed E-state index contributed by atoms with van der Waals surface area (Å²) < 4.78 is 0. The Morgan fingerprint density at radius 1 is 1.31 bits per heavy atom. The summed E-state index contributed by atoms with van der Waals surface area (Å²) in [7, 11) is 2.17. The van der Waals surface area contributed by atoms with Crippen LogP contribution in [-0.2, 0) is 13.0 Å². The van der Waals surface area contributed by atoms with Crippen LogP contribution in [0, 0.1) is 0 Å². The van der Waals surface area contributed by atoms with Gasteiger partial charge in [-0.2, -0.15) is 0 Å². The topological polar surface area (TPSA) is 15.3 Å². The highest BCUT2D eigenvalue weighted by Gasteiger charge is 2.05. The zero-order valence-corrected chi connectivity index (χ0v) is 11.7. The Labute approximate surface area is 104 Å². The Bertz CT molecular complexity index is 296. The van der Waals surface area contributed by atoms with Crippen LogP contribution in [0.5, 0.6) is 0 Å². The van der Waals surface area contributed by atoms with Crippen molar-refractivity contribution in [1.82, 2.24) is 10.2 Å². The number of thiophene rings is 1. The van der Waals surface area contributed by atoms with Crippen LogP contribution >= 0.6 is 11.3 Å². The third-order valence-corrected chi connectivity index (χ3v) is 4.05. The van der Waals surface area contributed by atoms with Crippen molar-refractivity contribution in [3.63, 3.8) is 0 Å². The van der Waals surface area contributed by atoms with Gasteiger partial charge in [-0.05, 0) is 39.1 Å². The van der Waals surface area contributed by atoms with Gasteiger partial charge in [0.25, 0.3) is 0 Å². The first kappa shape index (κ1) is 13.7. The van der Waals surface area contributed by atoms with Crippen molar-refractivity contribution in [1.29, 1.82) is 0 Å². The van der Waals surface area contributed by atoms with Crippen molar-refractivity contribution in [2.75, 3.05) is 20.1 Å². The van der Waals surface area contributed by atoms with Crippen molar-refractivity contribution < 1.29 is 0 Å². The molecule has 0 saturated carbocycles. The fourth-order valence-corrected chi connectivity index (χ4v) is 2.55. The molecule has 1 aromatic heterocycles. The van der Waals surface area contributed by atoms with Crippen LogP contribution in [0.4, 0.5) is 0 Å². The molecule has 1 rings (SSSR count). The molecule has 0 aliphatic carbocycles. The molecular weight excluding hydrogens is 216 g/mol. The molecule has 92 valence electrons. The quantitative estimate of drug-likeness (QED) is 0.788. The molecular formula is C13H24N2S. The maximum Gasteiger partial charge on any atom is 0.0302 e. The Morgan fingerprint density at radius 2 is 2.00 bits per heavy atom. The van der Waals surface area contributed by atoms with Gasteiger partial charge in [-0.1, -0.05) is 13.8 Å². The molecule has 0 aliphatic rings. The van der Waals surface area contributed by atoms with Crippen molar-refractivity contribution in [2.45, 2.75) is 39.8 Å². The van der Waals surface area contributed by atoms with Gasteiger partial charge in [-0.3, -0.25) is 0 Å². The second-order valence-electron chi connectivity index (χ2n) is 4.36. The third-order valence-electron chi connectivity index (χ3n) is 2.82. The number of hydrogen-bond acceptors (Lipinski definition) is 3. The van der Waals surface area contributed by atoms with E-state index in [2.05, 4.69) is 50.2 Å². The Hall–Kier alpha value is -0.380. The number of likely N-dealkylation sites (N-methyl/N-ethyl adjacent to an activating group) is 1. The zero-order chi connectivity index (χ0) is 12.0. The van der Waals surface area contributed by atoms with Gasteiger partial charge in [-0.25, -0.2) is 0 Å². The molecule has 1 N–H and O–H groups in total. The van der Waals surface area contributed by atoms with Gasteiger partial charge in [0, 0.05) is 28.9 Å². The summed E-state index contributed by atoms with van der Waals surface area (Å²) in [5.74, 6) is 0. The van der Waals surface area contributed by atoms with Crippen LogP contribution in [-0.4, -0.2) is 31.1 Å². The minimum atomic E-state index is 0.553. The highest BCUT2D eigenvalue weighted by Crippen LogP contribution is 2.16. The molecule has 0 aliphatic heterocycles. The van der Waals surface area contributed by atoms with Gasteiger partial charge >= 0.3 is 0 Å². The fourth-order valence-electron chi connectivity index (χ4n) is 1.64. The van der Waals surface area contributed by atoms with E-state index in [1.807, 2.05) is 11.3 Å². The van der Waals surface area contributed by atoms with Gasteiger partial charge < -0.3 is 10.2 Å². The van der Waals surface area contributed by atoms with Crippen LogP contribution in [0.2, 0.25) is 0 Å². The zero-order valence-electron chi connectivity index (χ0n) is 10.9.